The molecule has 0 bridgehead atoms. The van der Waals surface area contributed by atoms with Crippen molar-refractivity contribution in [2.75, 3.05) is 18.5 Å². The zero-order chi connectivity index (χ0) is 15.1. The van der Waals surface area contributed by atoms with E-state index >= 15 is 0 Å². The van der Waals surface area contributed by atoms with Crippen molar-refractivity contribution in [3.05, 3.63) is 46.7 Å². The van der Waals surface area contributed by atoms with Gasteiger partial charge in [-0.05, 0) is 36.1 Å². The van der Waals surface area contributed by atoms with Crippen LogP contribution in [-0.4, -0.2) is 30.4 Å². The number of thiophene rings is 1. The Bertz CT molecular complexity index is 572. The van der Waals surface area contributed by atoms with Crippen molar-refractivity contribution >= 4 is 23.1 Å². The first-order chi connectivity index (χ1) is 10.1. The lowest BCUT2D eigenvalue weighted by Gasteiger charge is -2.13. The maximum absolute atomic E-state index is 11.6. The highest BCUT2D eigenvalue weighted by atomic mass is 32.1. The van der Waals surface area contributed by atoms with E-state index in [1.165, 1.54) is 11.3 Å². The van der Waals surface area contributed by atoms with Crippen LogP contribution >= 0.6 is 11.3 Å². The number of hydrogen-bond acceptors (Lipinski definition) is 4. The molecule has 0 radical (unpaired) electrons. The predicted molar refractivity (Wildman–Crippen MR) is 84.0 cm³/mol. The van der Waals surface area contributed by atoms with Crippen molar-refractivity contribution in [1.82, 2.24) is 5.32 Å². The fraction of sp³-hybridized carbons (Fsp3) is 0.267. The standard InChI is InChI=1S/C15H18N2O3S/c1-11-3-2-4-14(7-11)20-9-13(18)8-16-15(19)17-12-5-6-21-10-12/h2-7,10,13,18H,8-9H2,1H3,(H2,16,17,19). The van der Waals surface area contributed by atoms with E-state index < -0.39 is 6.10 Å². The number of ether oxygens (including phenoxy) is 1. The van der Waals surface area contributed by atoms with Crippen molar-refractivity contribution in [3.8, 4) is 5.75 Å². The minimum atomic E-state index is -0.765. The van der Waals surface area contributed by atoms with Gasteiger partial charge in [0.25, 0.3) is 0 Å². The molecule has 0 aliphatic rings. The van der Waals surface area contributed by atoms with E-state index in [4.69, 9.17) is 4.74 Å². The highest BCUT2D eigenvalue weighted by molar-refractivity contribution is 7.08. The van der Waals surface area contributed by atoms with Crippen LogP contribution in [0.4, 0.5) is 10.5 Å². The molecule has 2 aromatic rings. The summed E-state index contributed by atoms with van der Waals surface area (Å²) in [6.07, 6.45) is -0.765. The number of carbonyl (C=O) groups excluding carboxylic acids is 1. The maximum atomic E-state index is 11.6. The van der Waals surface area contributed by atoms with Crippen LogP contribution in [0.2, 0.25) is 0 Å². The molecule has 0 aliphatic carbocycles. The molecule has 1 aromatic heterocycles. The lowest BCUT2D eigenvalue weighted by molar-refractivity contribution is 0.108. The van der Waals surface area contributed by atoms with E-state index in [0.29, 0.717) is 5.75 Å². The molecule has 1 atom stereocenters. The first-order valence-corrected chi connectivity index (χ1v) is 7.52. The number of amides is 2. The molecule has 0 aliphatic heterocycles. The minimum absolute atomic E-state index is 0.127. The summed E-state index contributed by atoms with van der Waals surface area (Å²) in [4.78, 5) is 11.6. The van der Waals surface area contributed by atoms with E-state index in [0.717, 1.165) is 11.3 Å². The Morgan fingerprint density at radius 1 is 1.43 bits per heavy atom. The average Bonchev–Trinajstić information content (AvgIpc) is 2.96. The van der Waals surface area contributed by atoms with Crippen molar-refractivity contribution < 1.29 is 14.6 Å². The molecule has 0 saturated carbocycles. The first-order valence-electron chi connectivity index (χ1n) is 6.58. The SMILES string of the molecule is Cc1cccc(OCC(O)CNC(=O)Nc2ccsc2)c1. The quantitative estimate of drug-likeness (QED) is 0.768. The van der Waals surface area contributed by atoms with Crippen LogP contribution in [-0.2, 0) is 0 Å². The second-order valence-electron chi connectivity index (χ2n) is 4.63. The first kappa shape index (κ1) is 15.3. The highest BCUT2D eigenvalue weighted by Gasteiger charge is 2.08. The van der Waals surface area contributed by atoms with Crippen molar-refractivity contribution in [3.63, 3.8) is 0 Å². The Morgan fingerprint density at radius 2 is 2.29 bits per heavy atom. The van der Waals surface area contributed by atoms with Gasteiger partial charge in [0.2, 0.25) is 0 Å². The van der Waals surface area contributed by atoms with Gasteiger partial charge in [-0.1, -0.05) is 12.1 Å². The van der Waals surface area contributed by atoms with Crippen molar-refractivity contribution in [1.29, 1.82) is 0 Å². The fourth-order valence-electron chi connectivity index (χ4n) is 1.68. The Labute approximate surface area is 127 Å². The maximum Gasteiger partial charge on any atom is 0.319 e. The normalized spacial score (nSPS) is 11.7. The van der Waals surface area contributed by atoms with Gasteiger partial charge in [-0.25, -0.2) is 4.79 Å². The summed E-state index contributed by atoms with van der Waals surface area (Å²) in [5.41, 5.74) is 1.83. The molecular weight excluding hydrogens is 288 g/mol. The summed E-state index contributed by atoms with van der Waals surface area (Å²) < 4.78 is 5.47. The van der Waals surface area contributed by atoms with Crippen LogP contribution in [0.15, 0.2) is 41.1 Å². The van der Waals surface area contributed by atoms with Gasteiger partial charge in [0.1, 0.15) is 18.5 Å². The topological polar surface area (TPSA) is 70.6 Å². The summed E-state index contributed by atoms with van der Waals surface area (Å²) in [6, 6.07) is 9.05. The number of urea groups is 1. The second kappa shape index (κ2) is 7.66. The molecule has 112 valence electrons. The van der Waals surface area contributed by atoms with Gasteiger partial charge in [0.15, 0.2) is 0 Å². The molecule has 3 N–H and O–H groups in total. The smallest absolute Gasteiger partial charge is 0.319 e. The van der Waals surface area contributed by atoms with Crippen LogP contribution in [0.5, 0.6) is 5.75 Å². The fourth-order valence-corrected chi connectivity index (χ4v) is 2.27. The van der Waals surface area contributed by atoms with Crippen molar-refractivity contribution in [2.45, 2.75) is 13.0 Å². The minimum Gasteiger partial charge on any atom is -0.491 e. The highest BCUT2D eigenvalue weighted by Crippen LogP contribution is 2.12. The molecule has 5 nitrogen and oxygen atoms in total. The second-order valence-corrected chi connectivity index (χ2v) is 5.41. The number of anilines is 1. The predicted octanol–water partition coefficient (Wildman–Crippen LogP) is 2.62. The van der Waals surface area contributed by atoms with E-state index in [2.05, 4.69) is 10.6 Å². The van der Waals surface area contributed by atoms with Gasteiger partial charge in [0, 0.05) is 11.9 Å². The van der Waals surface area contributed by atoms with Crippen LogP contribution in [0.25, 0.3) is 0 Å². The van der Waals surface area contributed by atoms with E-state index in [1.807, 2.05) is 48.0 Å². The van der Waals surface area contributed by atoms with Crippen LogP contribution in [0.1, 0.15) is 5.56 Å². The molecule has 0 saturated heterocycles. The summed E-state index contributed by atoms with van der Waals surface area (Å²) in [6.45, 7) is 2.23. The molecule has 1 heterocycles. The third kappa shape index (κ3) is 5.45. The molecule has 0 spiro atoms. The lowest BCUT2D eigenvalue weighted by atomic mass is 10.2. The van der Waals surface area contributed by atoms with Gasteiger partial charge in [0.05, 0.1) is 5.69 Å². The summed E-state index contributed by atoms with van der Waals surface area (Å²) in [7, 11) is 0. The summed E-state index contributed by atoms with van der Waals surface area (Å²) >= 11 is 1.50. The summed E-state index contributed by atoms with van der Waals surface area (Å²) in [5, 5.41) is 18.8. The molecule has 1 aromatic carbocycles. The monoisotopic (exact) mass is 306 g/mol. The van der Waals surface area contributed by atoms with Gasteiger partial charge < -0.3 is 20.5 Å². The number of aryl methyl sites for hydroxylation is 1. The van der Waals surface area contributed by atoms with E-state index in [1.54, 1.807) is 0 Å². The third-order valence-electron chi connectivity index (χ3n) is 2.71. The van der Waals surface area contributed by atoms with E-state index in [-0.39, 0.29) is 19.2 Å². The molecule has 1 unspecified atom stereocenters. The number of aliphatic hydroxyl groups is 1. The largest absolute Gasteiger partial charge is 0.491 e. The molecule has 2 rings (SSSR count). The molecule has 2 amide bonds. The number of aliphatic hydroxyl groups excluding tert-OH is 1. The third-order valence-corrected chi connectivity index (χ3v) is 3.39. The van der Waals surface area contributed by atoms with Gasteiger partial charge >= 0.3 is 6.03 Å². The molecule has 0 fully saturated rings. The Balaban J connectivity index is 1.67. The number of carbonyl (C=O) groups is 1. The average molecular weight is 306 g/mol. The molecule has 21 heavy (non-hydrogen) atoms. The van der Waals surface area contributed by atoms with Crippen molar-refractivity contribution in [2.24, 2.45) is 0 Å². The Morgan fingerprint density at radius 3 is 3.00 bits per heavy atom. The number of nitrogens with one attached hydrogen (secondary N) is 2. The van der Waals surface area contributed by atoms with Gasteiger partial charge in [-0.3, -0.25) is 0 Å². The Hall–Kier alpha value is -2.05. The number of hydrogen-bond donors (Lipinski definition) is 3. The molecule has 6 heteroatoms. The number of rotatable bonds is 6. The number of benzene rings is 1. The zero-order valence-electron chi connectivity index (χ0n) is 11.7. The zero-order valence-corrected chi connectivity index (χ0v) is 12.5. The van der Waals surface area contributed by atoms with Gasteiger partial charge in [-0.15, -0.1) is 0 Å². The van der Waals surface area contributed by atoms with E-state index in [9.17, 15) is 9.90 Å². The summed E-state index contributed by atoms with van der Waals surface area (Å²) in [5.74, 6) is 0.705. The van der Waals surface area contributed by atoms with Crippen LogP contribution in [0, 0.1) is 6.92 Å². The van der Waals surface area contributed by atoms with Crippen LogP contribution in [0.3, 0.4) is 0 Å². The van der Waals surface area contributed by atoms with Gasteiger partial charge in [-0.2, -0.15) is 11.3 Å². The van der Waals surface area contributed by atoms with Crippen LogP contribution < -0.4 is 15.4 Å². The molecular formula is C15H18N2O3S. The Kier molecular flexibility index (Phi) is 5.59. The lowest BCUT2D eigenvalue weighted by Crippen LogP contribution is -2.37.